The molecule has 0 bridgehead atoms. The summed E-state index contributed by atoms with van der Waals surface area (Å²) in [5, 5.41) is 9.51. The molecule has 5 rings (SSSR count). The van der Waals surface area contributed by atoms with E-state index >= 15 is 0 Å². The standard InChI is InChI=1S/C23H22FN5O3/c1-23(2,3)32-22(30)29-12-14(11-27-29)20-16-6-7-28-21(16)13(10-26-28)8-19(20)31-18-5-4-15(25)9-17(18)24/h4-5,8-12H,6-7,25H2,1-3H3. The van der Waals surface area contributed by atoms with Crippen molar-refractivity contribution in [2.75, 3.05) is 5.73 Å². The van der Waals surface area contributed by atoms with Gasteiger partial charge in [-0.3, -0.25) is 4.68 Å². The number of carbonyl (C=O) groups excluding carboxylic acids is 1. The maximum Gasteiger partial charge on any atom is 0.435 e. The molecule has 0 aliphatic carbocycles. The number of nitrogen functional groups attached to an aromatic ring is 1. The molecular formula is C23H22FN5O3. The van der Waals surface area contributed by atoms with Crippen molar-refractivity contribution >= 4 is 22.7 Å². The van der Waals surface area contributed by atoms with Crippen LogP contribution < -0.4 is 10.5 Å². The zero-order chi connectivity index (χ0) is 22.6. The van der Waals surface area contributed by atoms with Crippen LogP contribution in [0.4, 0.5) is 14.9 Å². The molecule has 3 heterocycles. The summed E-state index contributed by atoms with van der Waals surface area (Å²) >= 11 is 0. The van der Waals surface area contributed by atoms with Gasteiger partial charge in [-0.25, -0.2) is 9.18 Å². The van der Waals surface area contributed by atoms with Gasteiger partial charge >= 0.3 is 6.09 Å². The zero-order valence-electron chi connectivity index (χ0n) is 17.9. The predicted molar refractivity (Wildman–Crippen MR) is 117 cm³/mol. The Balaban J connectivity index is 1.63. The van der Waals surface area contributed by atoms with Gasteiger partial charge in [0.1, 0.15) is 11.4 Å². The quantitative estimate of drug-likeness (QED) is 0.466. The molecule has 0 spiro atoms. The monoisotopic (exact) mass is 435 g/mol. The third-order valence-corrected chi connectivity index (χ3v) is 5.19. The molecule has 2 aromatic carbocycles. The van der Waals surface area contributed by atoms with E-state index in [2.05, 4.69) is 10.2 Å². The molecule has 164 valence electrons. The van der Waals surface area contributed by atoms with Gasteiger partial charge in [-0.1, -0.05) is 0 Å². The van der Waals surface area contributed by atoms with Crippen LogP contribution in [0.5, 0.6) is 11.5 Å². The van der Waals surface area contributed by atoms with Crippen LogP contribution in [-0.4, -0.2) is 31.3 Å². The Kier molecular flexibility index (Phi) is 4.44. The molecule has 8 nitrogen and oxygen atoms in total. The maximum atomic E-state index is 14.5. The summed E-state index contributed by atoms with van der Waals surface area (Å²) in [5.74, 6) is -0.0640. The van der Waals surface area contributed by atoms with E-state index in [9.17, 15) is 9.18 Å². The molecule has 1 aliphatic heterocycles. The Bertz CT molecular complexity index is 1370. The van der Waals surface area contributed by atoms with Crippen LogP contribution in [0.1, 0.15) is 26.3 Å². The Morgan fingerprint density at radius 3 is 2.72 bits per heavy atom. The van der Waals surface area contributed by atoms with Gasteiger partial charge in [0.2, 0.25) is 0 Å². The Morgan fingerprint density at radius 1 is 1.16 bits per heavy atom. The van der Waals surface area contributed by atoms with E-state index in [0.29, 0.717) is 17.0 Å². The van der Waals surface area contributed by atoms with Crippen molar-refractivity contribution in [1.82, 2.24) is 19.6 Å². The number of carbonyl (C=O) groups is 1. The first-order valence-electron chi connectivity index (χ1n) is 10.2. The number of anilines is 1. The number of aryl methyl sites for hydroxylation is 2. The SMILES string of the molecule is CC(C)(C)OC(=O)n1cc(-c2c(Oc3ccc(N)cc3F)cc3cnn4c3c2CC4)cn1. The number of benzene rings is 2. The molecule has 0 amide bonds. The summed E-state index contributed by atoms with van der Waals surface area (Å²) in [7, 11) is 0. The van der Waals surface area contributed by atoms with Crippen LogP contribution in [0.25, 0.3) is 22.0 Å². The smallest absolute Gasteiger partial charge is 0.435 e. The Hall–Kier alpha value is -3.88. The fourth-order valence-corrected chi connectivity index (χ4v) is 3.92. The van der Waals surface area contributed by atoms with Crippen LogP contribution in [0.15, 0.2) is 42.9 Å². The lowest BCUT2D eigenvalue weighted by Crippen LogP contribution is -2.27. The highest BCUT2D eigenvalue weighted by Gasteiger charge is 2.26. The first kappa shape index (κ1) is 20.0. The minimum absolute atomic E-state index is 0.0527. The molecule has 0 atom stereocenters. The lowest BCUT2D eigenvalue weighted by atomic mass is 9.97. The van der Waals surface area contributed by atoms with Gasteiger partial charge < -0.3 is 15.2 Å². The second-order valence-electron chi connectivity index (χ2n) is 8.73. The van der Waals surface area contributed by atoms with Crippen LogP contribution in [0, 0.1) is 5.82 Å². The third kappa shape index (κ3) is 3.45. The summed E-state index contributed by atoms with van der Waals surface area (Å²) in [6.45, 7) is 6.10. The van der Waals surface area contributed by atoms with Crippen LogP contribution in [0.3, 0.4) is 0 Å². The number of nitrogens with zero attached hydrogens (tertiary/aromatic N) is 4. The zero-order valence-corrected chi connectivity index (χ0v) is 17.9. The van der Waals surface area contributed by atoms with Crippen molar-refractivity contribution in [3.63, 3.8) is 0 Å². The van der Waals surface area contributed by atoms with E-state index in [-0.39, 0.29) is 5.75 Å². The Morgan fingerprint density at radius 2 is 1.97 bits per heavy atom. The predicted octanol–water partition coefficient (Wildman–Crippen LogP) is 4.75. The van der Waals surface area contributed by atoms with E-state index in [1.807, 2.05) is 10.7 Å². The summed E-state index contributed by atoms with van der Waals surface area (Å²) in [4.78, 5) is 12.5. The largest absolute Gasteiger partial charge is 0.454 e. The molecule has 32 heavy (non-hydrogen) atoms. The molecule has 1 aliphatic rings. The molecule has 4 aromatic rings. The number of hydrogen-bond acceptors (Lipinski definition) is 6. The van der Waals surface area contributed by atoms with Crippen molar-refractivity contribution < 1.29 is 18.7 Å². The normalized spacial score (nSPS) is 13.0. The number of ether oxygens (including phenoxy) is 2. The molecule has 2 N–H and O–H groups in total. The number of halogens is 1. The minimum Gasteiger partial charge on any atom is -0.454 e. The second kappa shape index (κ2) is 7.08. The molecule has 0 saturated heterocycles. The van der Waals surface area contributed by atoms with E-state index in [4.69, 9.17) is 15.2 Å². The van der Waals surface area contributed by atoms with Gasteiger partial charge in [0.05, 0.1) is 17.9 Å². The van der Waals surface area contributed by atoms with Gasteiger partial charge in [0.15, 0.2) is 11.6 Å². The van der Waals surface area contributed by atoms with Crippen molar-refractivity contribution in [2.45, 2.75) is 39.3 Å². The van der Waals surface area contributed by atoms with Gasteiger partial charge in [-0.05, 0) is 51.0 Å². The van der Waals surface area contributed by atoms with Gasteiger partial charge in [-0.15, -0.1) is 0 Å². The fourth-order valence-electron chi connectivity index (χ4n) is 3.92. The van der Waals surface area contributed by atoms with Gasteiger partial charge in [0, 0.05) is 41.0 Å². The van der Waals surface area contributed by atoms with Crippen LogP contribution in [0.2, 0.25) is 0 Å². The average Bonchev–Trinajstić information content (AvgIpc) is 3.43. The molecule has 9 heteroatoms. The fraction of sp³-hybridized carbons (Fsp3) is 0.261. The van der Waals surface area contributed by atoms with E-state index in [1.54, 1.807) is 45.4 Å². The Labute approximate surface area is 183 Å². The lowest BCUT2D eigenvalue weighted by molar-refractivity contribution is 0.0514. The van der Waals surface area contributed by atoms with Gasteiger partial charge in [-0.2, -0.15) is 14.9 Å². The maximum absolute atomic E-state index is 14.5. The molecule has 0 saturated carbocycles. The van der Waals surface area contributed by atoms with Crippen molar-refractivity contribution in [3.8, 4) is 22.6 Å². The average molecular weight is 435 g/mol. The summed E-state index contributed by atoms with van der Waals surface area (Å²) in [6, 6.07) is 6.11. The highest BCUT2D eigenvalue weighted by Crippen LogP contribution is 2.43. The molecule has 0 fully saturated rings. The lowest BCUT2D eigenvalue weighted by Gasteiger charge is -2.18. The topological polar surface area (TPSA) is 97.2 Å². The van der Waals surface area contributed by atoms with Gasteiger partial charge in [0.25, 0.3) is 0 Å². The summed E-state index contributed by atoms with van der Waals surface area (Å²) in [6.07, 6.45) is 5.08. The van der Waals surface area contributed by atoms with Crippen LogP contribution in [-0.2, 0) is 17.7 Å². The summed E-state index contributed by atoms with van der Waals surface area (Å²) < 4.78 is 29.0. The highest BCUT2D eigenvalue weighted by molar-refractivity contribution is 5.94. The molecular weight excluding hydrogens is 413 g/mol. The van der Waals surface area contributed by atoms with E-state index < -0.39 is 17.5 Å². The second-order valence-corrected chi connectivity index (χ2v) is 8.73. The highest BCUT2D eigenvalue weighted by atomic mass is 19.1. The first-order chi connectivity index (χ1) is 15.2. The number of hydrogen-bond donors (Lipinski definition) is 1. The van der Waals surface area contributed by atoms with Crippen molar-refractivity contribution in [1.29, 1.82) is 0 Å². The molecule has 0 unspecified atom stereocenters. The third-order valence-electron chi connectivity index (χ3n) is 5.19. The van der Waals surface area contributed by atoms with Crippen molar-refractivity contribution in [2.24, 2.45) is 0 Å². The van der Waals surface area contributed by atoms with E-state index in [1.165, 1.54) is 12.1 Å². The molecule has 2 aromatic heterocycles. The van der Waals surface area contributed by atoms with E-state index in [0.717, 1.165) is 39.7 Å². The first-order valence-corrected chi connectivity index (χ1v) is 10.2. The number of rotatable bonds is 3. The number of nitrogens with two attached hydrogens (primary N) is 1. The number of aromatic nitrogens is 4. The summed E-state index contributed by atoms with van der Waals surface area (Å²) in [5.41, 5.74) is 8.73. The molecule has 0 radical (unpaired) electrons. The minimum atomic E-state index is -0.649. The van der Waals surface area contributed by atoms with Crippen LogP contribution >= 0.6 is 0 Å². The van der Waals surface area contributed by atoms with Crippen molar-refractivity contribution in [3.05, 3.63) is 54.2 Å².